The predicted molar refractivity (Wildman–Crippen MR) is 138 cm³/mol. The van der Waals surface area contributed by atoms with Gasteiger partial charge in [0, 0.05) is 31.1 Å². The van der Waals surface area contributed by atoms with Crippen LogP contribution < -0.4 is 20.1 Å². The Morgan fingerprint density at radius 2 is 2.00 bits per heavy atom. The molecule has 1 aromatic carbocycles. The van der Waals surface area contributed by atoms with Crippen molar-refractivity contribution in [2.45, 2.75) is 32.7 Å². The topological polar surface area (TPSA) is 58.1 Å². The van der Waals surface area contributed by atoms with Gasteiger partial charge in [-0.25, -0.2) is 0 Å². The van der Waals surface area contributed by atoms with Crippen molar-refractivity contribution in [2.75, 3.05) is 39.5 Å². The Hall–Kier alpha value is -1.52. The Balaban J connectivity index is 0.00000272. The van der Waals surface area contributed by atoms with Gasteiger partial charge in [0.25, 0.3) is 0 Å². The van der Waals surface area contributed by atoms with Crippen molar-refractivity contribution in [3.8, 4) is 11.5 Å². The van der Waals surface area contributed by atoms with Crippen LogP contribution in [0.4, 0.5) is 0 Å². The summed E-state index contributed by atoms with van der Waals surface area (Å²) in [6, 6.07) is 10.5. The summed E-state index contributed by atoms with van der Waals surface area (Å²) >= 11 is 1.86. The Morgan fingerprint density at radius 3 is 2.77 bits per heavy atom. The van der Waals surface area contributed by atoms with Crippen LogP contribution in [0.1, 0.15) is 30.2 Å². The first-order valence-electron chi connectivity index (χ1n) is 11.0. The van der Waals surface area contributed by atoms with Crippen LogP contribution in [0.25, 0.3) is 0 Å². The number of thiophene rings is 1. The van der Waals surface area contributed by atoms with E-state index in [-0.39, 0.29) is 24.0 Å². The summed E-state index contributed by atoms with van der Waals surface area (Å²) in [5.74, 6) is 3.27. The Labute approximate surface area is 206 Å². The number of aliphatic imine (C=N–C) groups is 1. The maximum Gasteiger partial charge on any atom is 0.231 e. The third-order valence-corrected chi connectivity index (χ3v) is 6.52. The summed E-state index contributed by atoms with van der Waals surface area (Å²) < 4.78 is 10.8. The zero-order chi connectivity index (χ0) is 20.6. The van der Waals surface area contributed by atoms with Crippen LogP contribution in [-0.4, -0.2) is 50.4 Å². The van der Waals surface area contributed by atoms with E-state index in [1.807, 2.05) is 17.4 Å². The van der Waals surface area contributed by atoms with Gasteiger partial charge in [0.1, 0.15) is 0 Å². The van der Waals surface area contributed by atoms with Crippen LogP contribution in [0.5, 0.6) is 11.5 Å². The molecule has 2 aliphatic heterocycles. The van der Waals surface area contributed by atoms with Crippen LogP contribution in [0.3, 0.4) is 0 Å². The van der Waals surface area contributed by atoms with E-state index in [1.165, 1.54) is 36.4 Å². The first-order chi connectivity index (χ1) is 14.8. The summed E-state index contributed by atoms with van der Waals surface area (Å²) in [7, 11) is 0. The van der Waals surface area contributed by atoms with Crippen molar-refractivity contribution in [3.63, 3.8) is 0 Å². The number of rotatable bonds is 8. The molecule has 170 valence electrons. The fraction of sp³-hybridized carbons (Fsp3) is 0.522. The van der Waals surface area contributed by atoms with Gasteiger partial charge in [-0.3, -0.25) is 9.89 Å². The second-order valence-electron chi connectivity index (χ2n) is 7.88. The molecule has 0 spiro atoms. The van der Waals surface area contributed by atoms with E-state index >= 15 is 0 Å². The Bertz CT molecular complexity index is 823. The summed E-state index contributed by atoms with van der Waals surface area (Å²) in [4.78, 5) is 8.90. The van der Waals surface area contributed by atoms with Crippen molar-refractivity contribution in [1.82, 2.24) is 15.5 Å². The number of piperidine rings is 1. The van der Waals surface area contributed by atoms with Crippen LogP contribution in [0.15, 0.2) is 40.7 Å². The first-order valence-corrected chi connectivity index (χ1v) is 11.8. The highest BCUT2D eigenvalue weighted by Gasteiger charge is 2.19. The normalized spacial score (nSPS) is 16.7. The van der Waals surface area contributed by atoms with Crippen molar-refractivity contribution in [2.24, 2.45) is 10.9 Å². The zero-order valence-electron chi connectivity index (χ0n) is 18.1. The number of fused-ring (bicyclic) bond motifs is 1. The zero-order valence-corrected chi connectivity index (χ0v) is 21.3. The number of hydrogen-bond donors (Lipinski definition) is 2. The molecule has 1 fully saturated rings. The third kappa shape index (κ3) is 7.25. The van der Waals surface area contributed by atoms with Crippen molar-refractivity contribution < 1.29 is 9.47 Å². The van der Waals surface area contributed by atoms with E-state index in [1.54, 1.807) is 0 Å². The molecule has 8 heteroatoms. The summed E-state index contributed by atoms with van der Waals surface area (Å²) in [6.07, 6.45) is 3.37. The van der Waals surface area contributed by atoms with Gasteiger partial charge in [-0.05, 0) is 74.3 Å². The molecule has 0 amide bonds. The van der Waals surface area contributed by atoms with Gasteiger partial charge in [-0.15, -0.1) is 35.3 Å². The van der Waals surface area contributed by atoms with Crippen LogP contribution in [-0.2, 0) is 13.0 Å². The fourth-order valence-electron chi connectivity index (χ4n) is 3.93. The number of nitrogens with zero attached hydrogens (tertiary/aromatic N) is 2. The molecule has 6 nitrogen and oxygen atoms in total. The summed E-state index contributed by atoms with van der Waals surface area (Å²) in [5.41, 5.74) is 1.24. The molecule has 0 unspecified atom stereocenters. The lowest BCUT2D eigenvalue weighted by Crippen LogP contribution is -2.39. The number of hydrogen-bond acceptors (Lipinski definition) is 5. The quantitative estimate of drug-likeness (QED) is 0.291. The molecule has 31 heavy (non-hydrogen) atoms. The molecule has 3 heterocycles. The molecule has 4 rings (SSSR count). The molecular formula is C23H33IN4O2S. The fourth-order valence-corrected chi connectivity index (χ4v) is 4.68. The van der Waals surface area contributed by atoms with E-state index in [0.717, 1.165) is 50.1 Å². The third-order valence-electron chi connectivity index (χ3n) is 5.66. The van der Waals surface area contributed by atoms with Gasteiger partial charge in [0.05, 0.1) is 0 Å². The minimum atomic E-state index is 0. The minimum Gasteiger partial charge on any atom is -0.454 e. The highest BCUT2D eigenvalue weighted by molar-refractivity contribution is 14.0. The van der Waals surface area contributed by atoms with Gasteiger partial charge in [0.15, 0.2) is 17.5 Å². The maximum atomic E-state index is 5.47. The van der Waals surface area contributed by atoms with Crippen molar-refractivity contribution >= 4 is 41.3 Å². The molecule has 0 aliphatic carbocycles. The van der Waals surface area contributed by atoms with Gasteiger partial charge < -0.3 is 20.1 Å². The van der Waals surface area contributed by atoms with E-state index < -0.39 is 0 Å². The SMILES string of the molecule is CCNC(=NCC1CCN(Cc2cccs2)CC1)NCCc1ccc2c(c1)OCO2.I. The van der Waals surface area contributed by atoms with E-state index in [9.17, 15) is 0 Å². The molecule has 0 atom stereocenters. The first kappa shape index (κ1) is 24.1. The molecular weight excluding hydrogens is 523 g/mol. The van der Waals surface area contributed by atoms with E-state index in [4.69, 9.17) is 14.5 Å². The predicted octanol–water partition coefficient (Wildman–Crippen LogP) is 4.10. The number of ether oxygens (including phenoxy) is 2. The second-order valence-corrected chi connectivity index (χ2v) is 8.92. The second kappa shape index (κ2) is 12.5. The van der Waals surface area contributed by atoms with Gasteiger partial charge >= 0.3 is 0 Å². The lowest BCUT2D eigenvalue weighted by molar-refractivity contribution is 0.174. The number of guanidine groups is 1. The highest BCUT2D eigenvalue weighted by atomic mass is 127. The number of nitrogens with one attached hydrogen (secondary N) is 2. The van der Waals surface area contributed by atoms with Gasteiger partial charge in [-0.1, -0.05) is 12.1 Å². The maximum absolute atomic E-state index is 5.47. The molecule has 0 radical (unpaired) electrons. The molecule has 0 saturated carbocycles. The Morgan fingerprint density at radius 1 is 1.16 bits per heavy atom. The van der Waals surface area contributed by atoms with E-state index in [0.29, 0.717) is 12.7 Å². The molecule has 2 aliphatic rings. The summed E-state index contributed by atoms with van der Waals surface area (Å²) in [5, 5.41) is 9.01. The molecule has 1 aromatic heterocycles. The smallest absolute Gasteiger partial charge is 0.231 e. The average Bonchev–Trinajstić information content (AvgIpc) is 3.44. The molecule has 0 bridgehead atoms. The summed E-state index contributed by atoms with van der Waals surface area (Å²) in [6.45, 7) is 8.47. The van der Waals surface area contributed by atoms with Gasteiger partial charge in [0.2, 0.25) is 6.79 Å². The van der Waals surface area contributed by atoms with Gasteiger partial charge in [-0.2, -0.15) is 0 Å². The Kier molecular flexibility index (Phi) is 9.73. The van der Waals surface area contributed by atoms with Crippen LogP contribution >= 0.6 is 35.3 Å². The molecule has 1 saturated heterocycles. The minimum absolute atomic E-state index is 0. The highest BCUT2D eigenvalue weighted by Crippen LogP contribution is 2.32. The lowest BCUT2D eigenvalue weighted by atomic mass is 9.97. The van der Waals surface area contributed by atoms with E-state index in [2.05, 4.69) is 52.1 Å². The average molecular weight is 557 g/mol. The largest absolute Gasteiger partial charge is 0.454 e. The lowest BCUT2D eigenvalue weighted by Gasteiger charge is -2.31. The number of likely N-dealkylation sites (tertiary alicyclic amines) is 1. The molecule has 2 aromatic rings. The number of benzene rings is 1. The van der Waals surface area contributed by atoms with Crippen molar-refractivity contribution in [1.29, 1.82) is 0 Å². The van der Waals surface area contributed by atoms with Crippen LogP contribution in [0, 0.1) is 5.92 Å². The van der Waals surface area contributed by atoms with Crippen LogP contribution in [0.2, 0.25) is 0 Å². The number of halogens is 1. The van der Waals surface area contributed by atoms with Crippen molar-refractivity contribution in [3.05, 3.63) is 46.2 Å². The molecule has 2 N–H and O–H groups in total. The monoisotopic (exact) mass is 556 g/mol. The standard InChI is InChI=1S/C23H32N4O2S.HI/c1-2-24-23(25-10-7-18-5-6-21-22(14-18)29-17-28-21)26-15-19-8-11-27(12-9-19)16-20-4-3-13-30-20;/h3-6,13-14,19H,2,7-12,15-17H2,1H3,(H2,24,25,26);1H.